The monoisotopic (exact) mass is 611 g/mol. The third kappa shape index (κ3) is 9.60. The zero-order valence-electron chi connectivity index (χ0n) is 25.4. The van der Waals surface area contributed by atoms with Crippen LogP contribution in [-0.2, 0) is 32.6 Å². The average molecular weight is 612 g/mol. The molecule has 0 saturated heterocycles. The van der Waals surface area contributed by atoms with Crippen LogP contribution in [0.4, 0.5) is 5.69 Å². The van der Waals surface area contributed by atoms with Crippen molar-refractivity contribution in [3.05, 3.63) is 100 Å². The van der Waals surface area contributed by atoms with Crippen molar-refractivity contribution in [2.24, 2.45) is 0 Å². The van der Waals surface area contributed by atoms with E-state index in [1.165, 1.54) is 4.31 Å². The maximum absolute atomic E-state index is 14.0. The van der Waals surface area contributed by atoms with Crippen molar-refractivity contribution < 1.29 is 18.0 Å². The molecule has 0 aliphatic rings. The van der Waals surface area contributed by atoms with Crippen LogP contribution in [0.1, 0.15) is 55.9 Å². The number of halogens is 1. The van der Waals surface area contributed by atoms with Crippen molar-refractivity contribution in [1.29, 1.82) is 0 Å². The molecule has 3 aromatic carbocycles. The van der Waals surface area contributed by atoms with Crippen LogP contribution in [0.15, 0.2) is 72.8 Å². The number of hydrogen-bond donors (Lipinski definition) is 1. The first-order chi connectivity index (χ1) is 19.7. The van der Waals surface area contributed by atoms with Gasteiger partial charge in [-0.3, -0.25) is 13.9 Å². The summed E-state index contributed by atoms with van der Waals surface area (Å²) in [7, 11) is -3.63. The van der Waals surface area contributed by atoms with E-state index in [9.17, 15) is 18.0 Å². The van der Waals surface area contributed by atoms with Crippen molar-refractivity contribution in [1.82, 2.24) is 10.2 Å². The molecule has 0 unspecified atom stereocenters. The van der Waals surface area contributed by atoms with E-state index in [2.05, 4.69) is 5.32 Å². The number of hydrogen-bond acceptors (Lipinski definition) is 4. The number of carbonyl (C=O) groups is 2. The van der Waals surface area contributed by atoms with Gasteiger partial charge in [-0.05, 0) is 69.9 Å². The lowest BCUT2D eigenvalue weighted by molar-refractivity contribution is -0.142. The van der Waals surface area contributed by atoms with Crippen LogP contribution in [0.25, 0.3) is 0 Å². The van der Waals surface area contributed by atoms with Gasteiger partial charge in [-0.25, -0.2) is 8.42 Å². The molecule has 0 heterocycles. The number of nitrogens with zero attached hydrogens (tertiary/aromatic N) is 2. The molecule has 0 saturated carbocycles. The number of carbonyl (C=O) groups excluding carboxylic acids is 2. The summed E-state index contributed by atoms with van der Waals surface area (Å²) in [5.74, 6) is -0.461. The number of amides is 2. The van der Waals surface area contributed by atoms with E-state index in [1.807, 2.05) is 82.3 Å². The van der Waals surface area contributed by atoms with Crippen LogP contribution in [0.2, 0.25) is 5.02 Å². The molecular formula is C33H42ClN3O4S. The van der Waals surface area contributed by atoms with Crippen LogP contribution in [0.3, 0.4) is 0 Å². The topological polar surface area (TPSA) is 86.8 Å². The van der Waals surface area contributed by atoms with E-state index in [1.54, 1.807) is 30.0 Å². The van der Waals surface area contributed by atoms with Crippen LogP contribution < -0.4 is 9.62 Å². The number of sulfonamides is 1. The summed E-state index contributed by atoms with van der Waals surface area (Å²) in [6.45, 7) is 9.84. The van der Waals surface area contributed by atoms with Crippen molar-refractivity contribution in [2.75, 3.05) is 17.1 Å². The molecule has 0 bridgehead atoms. The smallest absolute Gasteiger partial charge is 0.243 e. The Labute approximate surface area is 255 Å². The van der Waals surface area contributed by atoms with Gasteiger partial charge in [0.25, 0.3) is 0 Å². The number of benzene rings is 3. The van der Waals surface area contributed by atoms with Crippen molar-refractivity contribution in [3.63, 3.8) is 0 Å². The maximum Gasteiger partial charge on any atom is 0.243 e. The normalized spacial score (nSPS) is 12.5. The van der Waals surface area contributed by atoms with Crippen LogP contribution in [0, 0.1) is 13.8 Å². The summed E-state index contributed by atoms with van der Waals surface area (Å²) in [6.07, 6.45) is 1.82. The van der Waals surface area contributed by atoms with Crippen LogP contribution >= 0.6 is 11.6 Å². The molecular weight excluding hydrogens is 570 g/mol. The minimum atomic E-state index is -3.63. The largest absolute Gasteiger partial charge is 0.350 e. The molecule has 1 N–H and O–H groups in total. The van der Waals surface area contributed by atoms with E-state index in [-0.39, 0.29) is 37.7 Å². The number of nitrogens with one attached hydrogen (secondary N) is 1. The molecule has 226 valence electrons. The lowest BCUT2D eigenvalue weighted by Gasteiger charge is -2.34. The van der Waals surface area contributed by atoms with Crippen LogP contribution in [0.5, 0.6) is 0 Å². The molecule has 0 spiro atoms. The quantitative estimate of drug-likeness (QED) is 0.270. The molecule has 7 nitrogen and oxygen atoms in total. The molecule has 2 amide bonds. The first-order valence-corrected chi connectivity index (χ1v) is 16.3. The lowest BCUT2D eigenvalue weighted by Crippen LogP contribution is -2.54. The molecule has 0 aliphatic carbocycles. The van der Waals surface area contributed by atoms with Gasteiger partial charge in [0.05, 0.1) is 11.9 Å². The Morgan fingerprint density at radius 1 is 0.929 bits per heavy atom. The van der Waals surface area contributed by atoms with Gasteiger partial charge in [-0.15, -0.1) is 0 Å². The second kappa shape index (κ2) is 14.2. The van der Waals surface area contributed by atoms with Gasteiger partial charge < -0.3 is 10.2 Å². The highest BCUT2D eigenvalue weighted by Gasteiger charge is 2.32. The number of anilines is 1. The predicted molar refractivity (Wildman–Crippen MR) is 171 cm³/mol. The van der Waals surface area contributed by atoms with Gasteiger partial charge in [0.1, 0.15) is 6.04 Å². The third-order valence-corrected chi connectivity index (χ3v) is 8.45. The van der Waals surface area contributed by atoms with Gasteiger partial charge >= 0.3 is 0 Å². The molecule has 0 fully saturated rings. The number of rotatable bonds is 12. The van der Waals surface area contributed by atoms with E-state index >= 15 is 0 Å². The Kier molecular flexibility index (Phi) is 11.2. The molecule has 42 heavy (non-hydrogen) atoms. The Balaban J connectivity index is 1.92. The van der Waals surface area contributed by atoms with E-state index < -0.39 is 21.6 Å². The van der Waals surface area contributed by atoms with Crippen molar-refractivity contribution in [3.8, 4) is 0 Å². The van der Waals surface area contributed by atoms with E-state index in [4.69, 9.17) is 11.6 Å². The third-order valence-electron chi connectivity index (χ3n) is 6.86. The fraction of sp³-hybridized carbons (Fsp3) is 0.394. The van der Waals surface area contributed by atoms with Crippen molar-refractivity contribution in [2.45, 2.75) is 72.0 Å². The summed E-state index contributed by atoms with van der Waals surface area (Å²) in [5, 5.41) is 3.53. The Morgan fingerprint density at radius 2 is 1.57 bits per heavy atom. The summed E-state index contributed by atoms with van der Waals surface area (Å²) < 4.78 is 26.8. The Morgan fingerprint density at radius 3 is 2.19 bits per heavy atom. The lowest BCUT2D eigenvalue weighted by atomic mass is 10.00. The summed E-state index contributed by atoms with van der Waals surface area (Å²) in [6, 6.07) is 21.9. The molecule has 3 aromatic rings. The highest BCUT2D eigenvalue weighted by molar-refractivity contribution is 7.92. The van der Waals surface area contributed by atoms with Crippen molar-refractivity contribution >= 4 is 39.1 Å². The van der Waals surface area contributed by atoms with Gasteiger partial charge in [0.2, 0.25) is 21.8 Å². The Bertz CT molecular complexity index is 1490. The first-order valence-electron chi connectivity index (χ1n) is 14.1. The number of aryl methyl sites for hydroxylation is 1. The first kappa shape index (κ1) is 33.1. The van der Waals surface area contributed by atoms with Gasteiger partial charge in [-0.1, -0.05) is 77.8 Å². The zero-order chi connectivity index (χ0) is 31.1. The molecule has 0 aromatic heterocycles. The predicted octanol–water partition coefficient (Wildman–Crippen LogP) is 6.06. The van der Waals surface area contributed by atoms with Gasteiger partial charge in [0, 0.05) is 36.5 Å². The SMILES string of the molecule is Cc1cccc(CN(C(=O)CCCN(c2cccc(Cl)c2C)S(C)(=O)=O)[C@H](Cc2ccccc2)C(=O)NC(C)(C)C)c1. The van der Waals surface area contributed by atoms with Gasteiger partial charge in [0.15, 0.2) is 0 Å². The van der Waals surface area contributed by atoms with Gasteiger partial charge in [-0.2, -0.15) is 0 Å². The summed E-state index contributed by atoms with van der Waals surface area (Å²) >= 11 is 6.28. The fourth-order valence-corrected chi connectivity index (χ4v) is 6.05. The summed E-state index contributed by atoms with van der Waals surface area (Å²) in [4.78, 5) is 29.3. The molecule has 0 radical (unpaired) electrons. The Hall–Kier alpha value is -3.36. The second-order valence-corrected chi connectivity index (χ2v) is 14.1. The zero-order valence-corrected chi connectivity index (χ0v) is 26.9. The van der Waals surface area contributed by atoms with E-state index in [0.717, 1.165) is 22.9 Å². The average Bonchev–Trinajstić information content (AvgIpc) is 2.89. The minimum Gasteiger partial charge on any atom is -0.350 e. The molecule has 3 rings (SSSR count). The highest BCUT2D eigenvalue weighted by Crippen LogP contribution is 2.28. The van der Waals surface area contributed by atoms with Crippen LogP contribution in [-0.4, -0.2) is 49.5 Å². The molecule has 9 heteroatoms. The maximum atomic E-state index is 14.0. The molecule has 0 aliphatic heterocycles. The van der Waals surface area contributed by atoms with E-state index in [0.29, 0.717) is 22.7 Å². The second-order valence-electron chi connectivity index (χ2n) is 11.8. The minimum absolute atomic E-state index is 0.0610. The highest BCUT2D eigenvalue weighted by atomic mass is 35.5. The standard InChI is InChI=1S/C33H42ClN3O4S/c1-24-13-10-16-27(21-24)23-36(30(32(39)35-33(3,4)5)22-26-14-8-7-9-15-26)31(38)19-12-20-37(42(6,40)41)29-18-11-17-28(34)25(29)2/h7-11,13-18,21,30H,12,19-20,22-23H2,1-6H3,(H,35,39)/t30-/m1/s1. The fourth-order valence-electron chi connectivity index (χ4n) is 4.86. The molecule has 1 atom stereocenters. The summed E-state index contributed by atoms with van der Waals surface area (Å²) in [5.41, 5.74) is 3.55.